The van der Waals surface area contributed by atoms with E-state index in [0.717, 1.165) is 38.6 Å². The molecule has 0 unspecified atom stereocenters. The smallest absolute Gasteiger partial charge is 0.270 e. The van der Waals surface area contributed by atoms with E-state index in [9.17, 15) is 9.59 Å². The Bertz CT molecular complexity index is 606. The van der Waals surface area contributed by atoms with Gasteiger partial charge in [0.1, 0.15) is 5.69 Å². The van der Waals surface area contributed by atoms with E-state index >= 15 is 0 Å². The molecule has 3 heterocycles. The molecule has 130 valence electrons. The second kappa shape index (κ2) is 6.26. The number of nitrogens with zero attached hydrogens (tertiary/aromatic N) is 2. The van der Waals surface area contributed by atoms with Crippen molar-refractivity contribution < 1.29 is 9.59 Å². The molecule has 0 radical (unpaired) electrons. The highest BCUT2D eigenvalue weighted by molar-refractivity contribution is 5.94. The summed E-state index contributed by atoms with van der Waals surface area (Å²) in [5, 5.41) is 0. The van der Waals surface area contributed by atoms with Gasteiger partial charge < -0.3 is 14.8 Å². The van der Waals surface area contributed by atoms with Gasteiger partial charge in [-0.2, -0.15) is 0 Å². The lowest BCUT2D eigenvalue weighted by Crippen LogP contribution is -2.54. The van der Waals surface area contributed by atoms with Crippen molar-refractivity contribution in [1.29, 1.82) is 0 Å². The molecule has 2 amide bonds. The summed E-state index contributed by atoms with van der Waals surface area (Å²) in [6.45, 7) is 2.20. The third-order valence-electron chi connectivity index (χ3n) is 6.25. The van der Waals surface area contributed by atoms with Crippen LogP contribution in [0.1, 0.15) is 61.9 Å². The number of nitrogens with one attached hydrogen (secondary N) is 1. The van der Waals surface area contributed by atoms with Gasteiger partial charge in [0.25, 0.3) is 5.91 Å². The average Bonchev–Trinajstić information content (AvgIpc) is 3.29. The molecule has 1 atom stereocenters. The van der Waals surface area contributed by atoms with Crippen molar-refractivity contribution in [1.82, 2.24) is 14.8 Å². The second-order valence-corrected chi connectivity index (χ2v) is 7.73. The molecule has 3 fully saturated rings. The van der Waals surface area contributed by atoms with Gasteiger partial charge in [-0.3, -0.25) is 9.59 Å². The predicted molar refractivity (Wildman–Crippen MR) is 91.6 cm³/mol. The van der Waals surface area contributed by atoms with Crippen molar-refractivity contribution in [2.45, 2.75) is 57.4 Å². The van der Waals surface area contributed by atoms with Crippen LogP contribution in [0.15, 0.2) is 18.3 Å². The molecular formula is C19H27N3O2. The number of piperidine rings is 1. The molecule has 3 aliphatic rings. The van der Waals surface area contributed by atoms with Gasteiger partial charge in [0, 0.05) is 31.9 Å². The van der Waals surface area contributed by atoms with Crippen LogP contribution in [0.4, 0.5) is 0 Å². The van der Waals surface area contributed by atoms with Gasteiger partial charge in [-0.25, -0.2) is 0 Å². The number of carbonyl (C=O) groups is 2. The predicted octanol–water partition coefficient (Wildman–Crippen LogP) is 2.80. The SMILES string of the molecule is O=C(c1ccc[nH]1)N1CC[C@@]2(CCCN(C3CCCCC3)C2=O)C1. The first-order valence-corrected chi connectivity index (χ1v) is 9.43. The van der Waals surface area contributed by atoms with E-state index in [4.69, 9.17) is 0 Å². The van der Waals surface area contributed by atoms with Gasteiger partial charge in [0.2, 0.25) is 5.91 Å². The molecule has 5 nitrogen and oxygen atoms in total. The van der Waals surface area contributed by atoms with Crippen LogP contribution < -0.4 is 0 Å². The van der Waals surface area contributed by atoms with Crippen molar-refractivity contribution in [3.63, 3.8) is 0 Å². The van der Waals surface area contributed by atoms with Crippen LogP contribution in [0.3, 0.4) is 0 Å². The Morgan fingerprint density at radius 3 is 2.71 bits per heavy atom. The fourth-order valence-corrected chi connectivity index (χ4v) is 4.90. The van der Waals surface area contributed by atoms with Gasteiger partial charge in [0.15, 0.2) is 0 Å². The Labute approximate surface area is 143 Å². The molecule has 1 saturated carbocycles. The van der Waals surface area contributed by atoms with Gasteiger partial charge in [-0.1, -0.05) is 19.3 Å². The molecule has 4 rings (SSSR count). The van der Waals surface area contributed by atoms with Crippen LogP contribution in [-0.4, -0.2) is 52.3 Å². The molecule has 0 bridgehead atoms. The zero-order valence-electron chi connectivity index (χ0n) is 14.3. The number of amides is 2. The van der Waals surface area contributed by atoms with Gasteiger partial charge in [-0.15, -0.1) is 0 Å². The van der Waals surface area contributed by atoms with Crippen LogP contribution in [0, 0.1) is 5.41 Å². The molecule has 2 saturated heterocycles. The fraction of sp³-hybridized carbons (Fsp3) is 0.684. The molecule has 1 spiro atoms. The summed E-state index contributed by atoms with van der Waals surface area (Å²) >= 11 is 0. The summed E-state index contributed by atoms with van der Waals surface area (Å²) in [5.74, 6) is 0.349. The number of hydrogen-bond acceptors (Lipinski definition) is 2. The lowest BCUT2D eigenvalue weighted by molar-refractivity contribution is -0.149. The van der Waals surface area contributed by atoms with E-state index in [2.05, 4.69) is 9.88 Å². The first kappa shape index (κ1) is 15.7. The Morgan fingerprint density at radius 2 is 1.96 bits per heavy atom. The fourth-order valence-electron chi connectivity index (χ4n) is 4.90. The number of aromatic amines is 1. The van der Waals surface area contributed by atoms with Crippen molar-refractivity contribution in [3.05, 3.63) is 24.0 Å². The second-order valence-electron chi connectivity index (χ2n) is 7.73. The molecule has 1 aromatic rings. The molecule has 2 aliphatic heterocycles. The number of H-pyrrole nitrogens is 1. The third-order valence-corrected chi connectivity index (χ3v) is 6.25. The maximum Gasteiger partial charge on any atom is 0.270 e. The van der Waals surface area contributed by atoms with E-state index in [1.807, 2.05) is 17.0 Å². The lowest BCUT2D eigenvalue weighted by Gasteiger charge is -2.44. The summed E-state index contributed by atoms with van der Waals surface area (Å²) < 4.78 is 0. The molecular weight excluding hydrogens is 302 g/mol. The normalized spacial score (nSPS) is 28.8. The molecule has 1 N–H and O–H groups in total. The minimum atomic E-state index is -0.321. The van der Waals surface area contributed by atoms with Gasteiger partial charge >= 0.3 is 0 Å². The van der Waals surface area contributed by atoms with Crippen LogP contribution in [0.2, 0.25) is 0 Å². The molecule has 24 heavy (non-hydrogen) atoms. The maximum atomic E-state index is 13.3. The number of likely N-dealkylation sites (tertiary alicyclic amines) is 2. The van der Waals surface area contributed by atoms with Crippen LogP contribution in [0.25, 0.3) is 0 Å². The van der Waals surface area contributed by atoms with Gasteiger partial charge in [-0.05, 0) is 44.2 Å². The van der Waals surface area contributed by atoms with Crippen molar-refractivity contribution in [2.24, 2.45) is 5.41 Å². The van der Waals surface area contributed by atoms with Crippen molar-refractivity contribution in [3.8, 4) is 0 Å². The Kier molecular flexibility index (Phi) is 4.10. The van der Waals surface area contributed by atoms with Crippen molar-refractivity contribution in [2.75, 3.05) is 19.6 Å². The van der Waals surface area contributed by atoms with E-state index in [1.54, 1.807) is 6.20 Å². The quantitative estimate of drug-likeness (QED) is 0.907. The number of rotatable bonds is 2. The number of carbonyl (C=O) groups excluding carboxylic acids is 2. The summed E-state index contributed by atoms with van der Waals surface area (Å²) in [6, 6.07) is 4.09. The largest absolute Gasteiger partial charge is 0.357 e. The molecule has 0 aromatic carbocycles. The zero-order valence-corrected chi connectivity index (χ0v) is 14.3. The summed E-state index contributed by atoms with van der Waals surface area (Å²) in [5.41, 5.74) is 0.303. The van der Waals surface area contributed by atoms with Crippen molar-refractivity contribution >= 4 is 11.8 Å². The Hall–Kier alpha value is -1.78. The first-order valence-electron chi connectivity index (χ1n) is 9.43. The average molecular weight is 329 g/mol. The zero-order chi connectivity index (χ0) is 16.6. The summed E-state index contributed by atoms with van der Waals surface area (Å²) in [6.07, 6.45) is 10.7. The Morgan fingerprint density at radius 1 is 1.12 bits per heavy atom. The summed E-state index contributed by atoms with van der Waals surface area (Å²) in [7, 11) is 0. The Balaban J connectivity index is 1.48. The van der Waals surface area contributed by atoms with E-state index in [1.165, 1.54) is 19.3 Å². The highest BCUT2D eigenvalue weighted by Crippen LogP contribution is 2.42. The molecule has 1 aliphatic carbocycles. The van der Waals surface area contributed by atoms with E-state index in [0.29, 0.717) is 30.7 Å². The lowest BCUT2D eigenvalue weighted by atomic mass is 9.77. The minimum absolute atomic E-state index is 0.0273. The van der Waals surface area contributed by atoms with Crippen LogP contribution >= 0.6 is 0 Å². The van der Waals surface area contributed by atoms with E-state index < -0.39 is 0 Å². The van der Waals surface area contributed by atoms with Crippen LogP contribution in [-0.2, 0) is 4.79 Å². The standard InChI is InChI=1S/C19H27N3O2/c23-17(16-8-4-11-20-16)21-13-10-19(14-21)9-5-12-22(18(19)24)15-6-2-1-3-7-15/h4,8,11,15,20H,1-3,5-7,9-10,12-14H2/t19-/m0/s1. The topological polar surface area (TPSA) is 56.4 Å². The number of aromatic nitrogens is 1. The maximum absolute atomic E-state index is 13.3. The van der Waals surface area contributed by atoms with Gasteiger partial charge in [0.05, 0.1) is 5.41 Å². The molecule has 5 heteroatoms. The van der Waals surface area contributed by atoms with E-state index in [-0.39, 0.29) is 11.3 Å². The summed E-state index contributed by atoms with van der Waals surface area (Å²) in [4.78, 5) is 32.9. The van der Waals surface area contributed by atoms with Crippen LogP contribution in [0.5, 0.6) is 0 Å². The highest BCUT2D eigenvalue weighted by atomic mass is 16.2. The first-order chi connectivity index (χ1) is 11.7. The minimum Gasteiger partial charge on any atom is -0.357 e. The monoisotopic (exact) mass is 329 g/mol. The number of hydrogen-bond donors (Lipinski definition) is 1. The molecule has 1 aromatic heterocycles. The third kappa shape index (κ3) is 2.64. The highest BCUT2D eigenvalue weighted by Gasteiger charge is 2.50.